The monoisotopic (exact) mass is 380 g/mol. The van der Waals surface area contributed by atoms with Gasteiger partial charge in [-0.05, 0) is 36.2 Å². The maximum atomic E-state index is 5.80. The molecule has 3 aromatic carbocycles. The van der Waals surface area contributed by atoms with Crippen molar-refractivity contribution in [2.24, 2.45) is 5.92 Å². The third kappa shape index (κ3) is 4.69. The van der Waals surface area contributed by atoms with Gasteiger partial charge < -0.3 is 4.74 Å². The molecule has 0 aliphatic carbocycles. The Labute approximate surface area is 172 Å². The molecule has 4 aromatic rings. The first-order chi connectivity index (χ1) is 14.2. The molecule has 0 unspecified atom stereocenters. The highest BCUT2D eigenvalue weighted by atomic mass is 16.5. The van der Waals surface area contributed by atoms with E-state index in [1.807, 2.05) is 66.7 Å². The second kappa shape index (κ2) is 8.70. The summed E-state index contributed by atoms with van der Waals surface area (Å²) in [6.45, 7) is 4.99. The molecule has 0 aliphatic rings. The number of aromatic nitrogens is 2. The SMILES string of the molecule is CC(C)COc1ccc(-c2nc(-c3ccccc3)cc(-c3ccccc3)n2)cc1. The fourth-order valence-electron chi connectivity index (χ4n) is 3.05. The zero-order valence-corrected chi connectivity index (χ0v) is 16.7. The molecule has 0 saturated carbocycles. The smallest absolute Gasteiger partial charge is 0.160 e. The van der Waals surface area contributed by atoms with Crippen molar-refractivity contribution in [3.63, 3.8) is 0 Å². The lowest BCUT2D eigenvalue weighted by molar-refractivity contribution is 0.271. The van der Waals surface area contributed by atoms with Crippen molar-refractivity contribution in [3.05, 3.63) is 91.0 Å². The van der Waals surface area contributed by atoms with Crippen molar-refractivity contribution < 1.29 is 4.74 Å². The molecule has 0 N–H and O–H groups in total. The molecule has 0 atom stereocenters. The minimum absolute atomic E-state index is 0.494. The van der Waals surface area contributed by atoms with Gasteiger partial charge >= 0.3 is 0 Å². The van der Waals surface area contributed by atoms with Gasteiger partial charge in [-0.15, -0.1) is 0 Å². The summed E-state index contributed by atoms with van der Waals surface area (Å²) in [7, 11) is 0. The number of rotatable bonds is 6. The zero-order chi connectivity index (χ0) is 20.1. The van der Waals surface area contributed by atoms with Crippen molar-refractivity contribution in [1.82, 2.24) is 9.97 Å². The van der Waals surface area contributed by atoms with Gasteiger partial charge in [-0.1, -0.05) is 74.5 Å². The van der Waals surface area contributed by atoms with Gasteiger partial charge in [-0.3, -0.25) is 0 Å². The number of nitrogens with zero attached hydrogens (tertiary/aromatic N) is 2. The Bertz CT molecular complexity index is 1000. The molecule has 1 heterocycles. The molecule has 0 amide bonds. The van der Waals surface area contributed by atoms with E-state index in [0.29, 0.717) is 18.3 Å². The van der Waals surface area contributed by atoms with Gasteiger partial charge in [0.15, 0.2) is 5.82 Å². The van der Waals surface area contributed by atoms with Crippen LogP contribution in [0.1, 0.15) is 13.8 Å². The summed E-state index contributed by atoms with van der Waals surface area (Å²) in [6.07, 6.45) is 0. The lowest BCUT2D eigenvalue weighted by Gasteiger charge is -2.11. The molecule has 0 saturated heterocycles. The van der Waals surface area contributed by atoms with Gasteiger partial charge in [-0.2, -0.15) is 0 Å². The van der Waals surface area contributed by atoms with E-state index in [0.717, 1.165) is 33.8 Å². The minimum Gasteiger partial charge on any atom is -0.493 e. The molecule has 0 aliphatic heterocycles. The van der Waals surface area contributed by atoms with Gasteiger partial charge in [0, 0.05) is 16.7 Å². The van der Waals surface area contributed by atoms with Crippen molar-refractivity contribution in [3.8, 4) is 39.7 Å². The van der Waals surface area contributed by atoms with Gasteiger partial charge in [0.2, 0.25) is 0 Å². The van der Waals surface area contributed by atoms with E-state index in [4.69, 9.17) is 14.7 Å². The average molecular weight is 380 g/mol. The Hall–Kier alpha value is -3.46. The molecule has 0 bridgehead atoms. The summed E-state index contributed by atoms with van der Waals surface area (Å²) in [6, 6.07) is 30.5. The summed E-state index contributed by atoms with van der Waals surface area (Å²) in [5, 5.41) is 0. The van der Waals surface area contributed by atoms with Crippen LogP contribution in [0, 0.1) is 5.92 Å². The average Bonchev–Trinajstić information content (AvgIpc) is 2.79. The first kappa shape index (κ1) is 18.9. The van der Waals surface area contributed by atoms with Gasteiger partial charge in [0.05, 0.1) is 18.0 Å². The van der Waals surface area contributed by atoms with Crippen LogP contribution in [0.5, 0.6) is 5.75 Å². The highest BCUT2D eigenvalue weighted by molar-refractivity contribution is 5.71. The molecule has 0 spiro atoms. The largest absolute Gasteiger partial charge is 0.493 e. The van der Waals surface area contributed by atoms with Crippen molar-refractivity contribution >= 4 is 0 Å². The molecule has 1 aromatic heterocycles. The molecule has 3 heteroatoms. The Balaban J connectivity index is 1.74. The second-order valence-corrected chi connectivity index (χ2v) is 7.42. The van der Waals surface area contributed by atoms with Gasteiger partial charge in [-0.25, -0.2) is 9.97 Å². The van der Waals surface area contributed by atoms with Crippen LogP contribution in [0.2, 0.25) is 0 Å². The second-order valence-electron chi connectivity index (χ2n) is 7.42. The highest BCUT2D eigenvalue weighted by Crippen LogP contribution is 2.28. The van der Waals surface area contributed by atoms with E-state index in [1.165, 1.54) is 0 Å². The fourth-order valence-corrected chi connectivity index (χ4v) is 3.05. The first-order valence-corrected chi connectivity index (χ1v) is 9.92. The Kier molecular flexibility index (Phi) is 5.66. The summed E-state index contributed by atoms with van der Waals surface area (Å²) >= 11 is 0. The predicted molar refractivity (Wildman–Crippen MR) is 119 cm³/mol. The summed E-state index contributed by atoms with van der Waals surface area (Å²) in [5.41, 5.74) is 4.94. The van der Waals surface area contributed by atoms with E-state index in [-0.39, 0.29) is 0 Å². The van der Waals surface area contributed by atoms with Crippen molar-refractivity contribution in [2.75, 3.05) is 6.61 Å². The van der Waals surface area contributed by atoms with Crippen LogP contribution in [-0.4, -0.2) is 16.6 Å². The van der Waals surface area contributed by atoms with E-state index in [1.54, 1.807) is 0 Å². The quantitative estimate of drug-likeness (QED) is 0.382. The highest BCUT2D eigenvalue weighted by Gasteiger charge is 2.10. The number of hydrogen-bond donors (Lipinski definition) is 0. The lowest BCUT2D eigenvalue weighted by Crippen LogP contribution is -2.04. The van der Waals surface area contributed by atoms with Crippen LogP contribution >= 0.6 is 0 Å². The number of hydrogen-bond acceptors (Lipinski definition) is 3. The van der Waals surface area contributed by atoms with E-state index < -0.39 is 0 Å². The van der Waals surface area contributed by atoms with Crippen molar-refractivity contribution in [2.45, 2.75) is 13.8 Å². The standard InChI is InChI=1S/C26H24N2O/c1-19(2)18-29-23-15-13-22(14-16-23)26-27-24(20-9-5-3-6-10-20)17-25(28-26)21-11-7-4-8-12-21/h3-17,19H,18H2,1-2H3. The van der Waals surface area contributed by atoms with Gasteiger partial charge in [0.1, 0.15) is 5.75 Å². The molecule has 0 fully saturated rings. The lowest BCUT2D eigenvalue weighted by atomic mass is 10.1. The maximum absolute atomic E-state index is 5.80. The molecule has 4 rings (SSSR count). The number of ether oxygens (including phenoxy) is 1. The fraction of sp³-hybridized carbons (Fsp3) is 0.154. The molecular weight excluding hydrogens is 356 g/mol. The summed E-state index contributed by atoms with van der Waals surface area (Å²) in [4.78, 5) is 9.70. The summed E-state index contributed by atoms with van der Waals surface area (Å²) in [5.74, 6) is 2.07. The third-order valence-electron chi connectivity index (χ3n) is 4.56. The van der Waals surface area contributed by atoms with E-state index >= 15 is 0 Å². The van der Waals surface area contributed by atoms with Crippen molar-refractivity contribution in [1.29, 1.82) is 0 Å². The van der Waals surface area contributed by atoms with Crippen LogP contribution in [0.4, 0.5) is 0 Å². The molecule has 144 valence electrons. The molecule has 29 heavy (non-hydrogen) atoms. The topological polar surface area (TPSA) is 35.0 Å². The maximum Gasteiger partial charge on any atom is 0.160 e. The Morgan fingerprint density at radius 2 is 1.17 bits per heavy atom. The first-order valence-electron chi connectivity index (χ1n) is 9.92. The molecule has 3 nitrogen and oxygen atoms in total. The van der Waals surface area contributed by atoms with E-state index in [9.17, 15) is 0 Å². The number of benzene rings is 3. The van der Waals surface area contributed by atoms with Crippen LogP contribution in [0.15, 0.2) is 91.0 Å². The Morgan fingerprint density at radius 1 is 0.655 bits per heavy atom. The van der Waals surface area contributed by atoms with Gasteiger partial charge in [0.25, 0.3) is 0 Å². The normalized spacial score (nSPS) is 10.9. The molecular formula is C26H24N2O. The third-order valence-corrected chi connectivity index (χ3v) is 4.56. The van der Waals surface area contributed by atoms with Crippen LogP contribution in [0.3, 0.4) is 0 Å². The summed E-state index contributed by atoms with van der Waals surface area (Å²) < 4.78 is 5.80. The van der Waals surface area contributed by atoms with E-state index in [2.05, 4.69) is 38.1 Å². The Morgan fingerprint density at radius 3 is 1.66 bits per heavy atom. The van der Waals surface area contributed by atoms with Crippen LogP contribution in [-0.2, 0) is 0 Å². The zero-order valence-electron chi connectivity index (χ0n) is 16.7. The molecule has 0 radical (unpaired) electrons. The van der Waals surface area contributed by atoms with Crippen LogP contribution < -0.4 is 4.74 Å². The predicted octanol–water partition coefficient (Wildman–Crippen LogP) is 6.51. The van der Waals surface area contributed by atoms with Crippen LogP contribution in [0.25, 0.3) is 33.9 Å². The minimum atomic E-state index is 0.494.